The van der Waals surface area contributed by atoms with Crippen LogP contribution in [0.1, 0.15) is 145 Å². The van der Waals surface area contributed by atoms with Crippen LogP contribution in [0.5, 0.6) is 0 Å². The smallest absolute Gasteiger partial charge is 0.329 e. The van der Waals surface area contributed by atoms with Gasteiger partial charge >= 0.3 is 5.97 Å². The molecule has 76 heavy (non-hydrogen) atoms. The Morgan fingerprint density at radius 2 is 1.51 bits per heavy atom. The number of hydrogen-bond acceptors (Lipinski definition) is 15. The van der Waals surface area contributed by atoms with Gasteiger partial charge in [-0.15, -0.1) is 0 Å². The number of carbonyl (C=O) groups excluding carboxylic acids is 5. The maximum atomic E-state index is 14.7. The number of allylic oxidation sites excluding steroid dienone is 6. The third-order valence-corrected chi connectivity index (χ3v) is 17.0. The highest BCUT2D eigenvalue weighted by molar-refractivity contribution is 6.39. The Balaban J connectivity index is 1.43. The second-order valence-electron chi connectivity index (χ2n) is 23.0. The van der Waals surface area contributed by atoms with Gasteiger partial charge in [0, 0.05) is 65.0 Å². The molecule has 3 saturated heterocycles. The fourth-order valence-corrected chi connectivity index (χ4v) is 12.0. The predicted octanol–water partition coefficient (Wildman–Crippen LogP) is 7.71. The van der Waals surface area contributed by atoms with Crippen LogP contribution >= 0.6 is 0 Å². The van der Waals surface area contributed by atoms with Crippen LogP contribution in [0, 0.1) is 35.5 Å². The molecule has 4 heterocycles. The van der Waals surface area contributed by atoms with Gasteiger partial charge in [0.2, 0.25) is 5.79 Å². The number of aliphatic hydroxyl groups excluding tert-OH is 1. The maximum absolute atomic E-state index is 14.7. The van der Waals surface area contributed by atoms with Gasteiger partial charge in [-0.1, -0.05) is 77.5 Å². The summed E-state index contributed by atoms with van der Waals surface area (Å²) in [7, 11) is 4.70. The first-order chi connectivity index (χ1) is 36.3. The van der Waals surface area contributed by atoms with E-state index in [0.717, 1.165) is 44.5 Å². The molecular formula is C60H96N2O14. The average Bonchev–Trinajstić information content (AvgIpc) is 3.42. The molecule has 2 bridgehead atoms. The van der Waals surface area contributed by atoms with Crippen molar-refractivity contribution in [2.24, 2.45) is 35.5 Å². The van der Waals surface area contributed by atoms with Crippen molar-refractivity contribution >= 4 is 29.2 Å². The molecular weight excluding hydrogens is 973 g/mol. The van der Waals surface area contributed by atoms with Crippen LogP contribution in [0.3, 0.4) is 0 Å². The van der Waals surface area contributed by atoms with Crippen LogP contribution in [0.25, 0.3) is 0 Å². The first kappa shape index (κ1) is 63.4. The number of aliphatic hydroxyl groups is 2. The van der Waals surface area contributed by atoms with Crippen LogP contribution in [0.2, 0.25) is 0 Å². The van der Waals surface area contributed by atoms with Gasteiger partial charge in [-0.25, -0.2) is 4.79 Å². The van der Waals surface area contributed by atoms with Gasteiger partial charge in [-0.3, -0.25) is 19.2 Å². The normalized spacial score (nSPS) is 37.8. The first-order valence-corrected chi connectivity index (χ1v) is 28.7. The summed E-state index contributed by atoms with van der Waals surface area (Å²) in [5.41, 5.74) is 1.27. The van der Waals surface area contributed by atoms with E-state index < -0.39 is 77.8 Å². The number of esters is 1. The Kier molecular flexibility index (Phi) is 26.2. The lowest BCUT2D eigenvalue weighted by atomic mass is 9.78. The van der Waals surface area contributed by atoms with Crippen molar-refractivity contribution in [1.82, 2.24) is 9.80 Å². The monoisotopic (exact) mass is 1070 g/mol. The summed E-state index contributed by atoms with van der Waals surface area (Å²) in [5, 5.41) is 23.7. The van der Waals surface area contributed by atoms with E-state index in [-0.39, 0.29) is 73.9 Å². The van der Waals surface area contributed by atoms with E-state index in [1.54, 1.807) is 41.1 Å². The summed E-state index contributed by atoms with van der Waals surface area (Å²) < 4.78 is 42.3. The van der Waals surface area contributed by atoms with Crippen LogP contribution in [0.15, 0.2) is 47.6 Å². The highest BCUT2D eigenvalue weighted by Gasteiger charge is 2.53. The molecule has 430 valence electrons. The summed E-state index contributed by atoms with van der Waals surface area (Å²) in [6.07, 6.45) is 16.3. The number of methoxy groups -OCH3 is 3. The summed E-state index contributed by atoms with van der Waals surface area (Å²) in [6, 6.07) is -1.14. The van der Waals surface area contributed by atoms with E-state index in [2.05, 4.69) is 4.90 Å². The zero-order valence-electron chi connectivity index (χ0n) is 47.8. The summed E-state index contributed by atoms with van der Waals surface area (Å²) in [5.74, 6) is -7.86. The first-order valence-electron chi connectivity index (χ1n) is 28.7. The van der Waals surface area contributed by atoms with Crippen LogP contribution in [-0.2, 0) is 57.1 Å². The fourth-order valence-electron chi connectivity index (χ4n) is 12.0. The van der Waals surface area contributed by atoms with Gasteiger partial charge in [0.15, 0.2) is 5.78 Å². The van der Waals surface area contributed by atoms with Crippen molar-refractivity contribution in [2.75, 3.05) is 67.3 Å². The molecule has 2 unspecified atom stereocenters. The SMILES string of the molecule is COCCOC1C[C@@H]2CC[C@@H](C)[C@@](O)(O2)C(=O)C(=O)N2CCCCC2C(=O)O[C@H]([C@H](C)C[C@@H]2CC[C@@H](OCCN3CCCCC3)[C@H](OC)C2)CC(=O)[C@H](C)/C=C(\C)[C@@H](O)[C@@H](OC)C(=O)[C@H](C)C[C@H](C)/C=C/C=C/C=C/1C. The maximum Gasteiger partial charge on any atom is 0.329 e. The summed E-state index contributed by atoms with van der Waals surface area (Å²) >= 11 is 0. The zero-order chi connectivity index (χ0) is 55.5. The van der Waals surface area contributed by atoms with Gasteiger partial charge in [0.25, 0.3) is 11.7 Å². The van der Waals surface area contributed by atoms with Gasteiger partial charge in [-0.2, -0.15) is 0 Å². The molecule has 4 fully saturated rings. The lowest BCUT2D eigenvalue weighted by molar-refractivity contribution is -0.266. The number of nitrogens with zero attached hydrogens (tertiary/aromatic N) is 2. The molecule has 2 N–H and O–H groups in total. The minimum Gasteiger partial charge on any atom is -0.460 e. The minimum absolute atomic E-state index is 0.00722. The number of likely N-dealkylation sites (tertiary alicyclic amines) is 1. The van der Waals surface area contributed by atoms with Gasteiger partial charge < -0.3 is 53.2 Å². The molecule has 0 aromatic carbocycles. The topological polar surface area (TPSA) is 197 Å². The van der Waals surface area contributed by atoms with E-state index in [4.69, 9.17) is 33.2 Å². The molecule has 0 spiro atoms. The minimum atomic E-state index is -2.45. The number of amides is 1. The van der Waals surface area contributed by atoms with Crippen LogP contribution < -0.4 is 0 Å². The number of Topliss-reactive ketones (excluding diaryl/α,β-unsaturated/α-hetero) is 3. The molecule has 16 nitrogen and oxygen atoms in total. The molecule has 0 aromatic heterocycles. The van der Waals surface area contributed by atoms with Crippen molar-refractivity contribution in [3.05, 3.63) is 47.6 Å². The second kappa shape index (κ2) is 31.4. The second-order valence-corrected chi connectivity index (χ2v) is 23.0. The Morgan fingerprint density at radius 3 is 2.22 bits per heavy atom. The van der Waals surface area contributed by atoms with Gasteiger partial charge in [-0.05, 0) is 133 Å². The number of hydrogen-bond donors (Lipinski definition) is 2. The number of rotatable bonds is 13. The van der Waals surface area contributed by atoms with Crippen molar-refractivity contribution in [2.45, 2.75) is 199 Å². The molecule has 5 aliphatic rings. The largest absolute Gasteiger partial charge is 0.460 e. The highest BCUT2D eigenvalue weighted by Crippen LogP contribution is 2.38. The molecule has 0 aromatic rings. The Hall–Kier alpha value is -3.45. The highest BCUT2D eigenvalue weighted by atomic mass is 16.6. The van der Waals surface area contributed by atoms with E-state index in [0.29, 0.717) is 57.3 Å². The van der Waals surface area contributed by atoms with Crippen molar-refractivity contribution < 1.29 is 67.3 Å². The van der Waals surface area contributed by atoms with Crippen molar-refractivity contribution in [3.63, 3.8) is 0 Å². The molecule has 4 aliphatic heterocycles. The molecule has 16 heteroatoms. The van der Waals surface area contributed by atoms with Gasteiger partial charge in [0.1, 0.15) is 30.1 Å². The number of ketones is 3. The van der Waals surface area contributed by atoms with Crippen molar-refractivity contribution in [3.8, 4) is 0 Å². The van der Waals surface area contributed by atoms with E-state index in [9.17, 15) is 34.2 Å². The number of piperidine rings is 2. The molecule has 1 aliphatic carbocycles. The number of carbonyl (C=O) groups is 5. The molecule has 1 amide bonds. The average molecular weight is 1070 g/mol. The van der Waals surface area contributed by atoms with E-state index in [1.807, 2.05) is 58.1 Å². The number of ether oxygens (including phenoxy) is 7. The zero-order valence-corrected chi connectivity index (χ0v) is 47.8. The van der Waals surface area contributed by atoms with E-state index >= 15 is 0 Å². The summed E-state index contributed by atoms with van der Waals surface area (Å²) in [6.45, 7) is 17.3. The lowest BCUT2D eigenvalue weighted by Crippen LogP contribution is -2.61. The summed E-state index contributed by atoms with van der Waals surface area (Å²) in [4.78, 5) is 75.5. The number of fused-ring (bicyclic) bond motifs is 3. The quantitative estimate of drug-likeness (QED) is 0.0787. The molecule has 1 saturated carbocycles. The van der Waals surface area contributed by atoms with Crippen LogP contribution in [0.4, 0.5) is 0 Å². The van der Waals surface area contributed by atoms with Crippen LogP contribution in [-0.4, -0.2) is 171 Å². The third-order valence-electron chi connectivity index (χ3n) is 17.0. The molecule has 15 atom stereocenters. The fraction of sp³-hybridized carbons (Fsp3) is 0.783. The Bertz CT molecular complexity index is 2000. The third kappa shape index (κ3) is 18.0. The van der Waals surface area contributed by atoms with E-state index in [1.165, 1.54) is 31.3 Å². The standard InChI is InChI=1S/C60H96N2O14/c1-39-19-13-11-14-20-40(2)51(74-32-31-70-8)37-47-24-22-45(7)60(69,76-47)57(66)58(67)62-28-18-15-21-48(62)59(68)75-52(38-49(63)41(3)34-44(6)55(65)56(72-10)54(64)43(5)33-39)42(4)35-46-23-25-50(53(36-46)71-9)73-30-29-61-26-16-12-17-27-61/h11,13-14,19-20,34,39,41-43,45-48,50-53,55-56,65,69H,12,15-18,21-33,35-38H2,1-10H3/b14-11+,19-13+,40-20+,44-34+/t39-,41-,42-,43-,45-,46+,47+,48?,50-,51?,52+,53-,55-,56+,60-/m1/s1. The molecule has 0 radical (unpaired) electrons. The predicted molar refractivity (Wildman–Crippen MR) is 290 cm³/mol. The number of cyclic esters (lactones) is 1. The molecule has 5 rings (SSSR count). The lowest BCUT2D eigenvalue weighted by Gasteiger charge is -2.43. The van der Waals surface area contributed by atoms with Gasteiger partial charge in [0.05, 0.1) is 44.2 Å². The van der Waals surface area contributed by atoms with Crippen molar-refractivity contribution in [1.29, 1.82) is 0 Å². The Morgan fingerprint density at radius 1 is 0.776 bits per heavy atom. The Labute approximate surface area is 454 Å².